The fraction of sp³-hybridized carbons (Fsp3) is 0.222. The normalized spacial score (nSPS) is 14.3. The van der Waals surface area contributed by atoms with Crippen LogP contribution in [-0.4, -0.2) is 31.1 Å². The second kappa shape index (κ2) is 6.74. The Morgan fingerprint density at radius 2 is 2.15 bits per heavy atom. The molecule has 5 nitrogen and oxygen atoms in total. The summed E-state index contributed by atoms with van der Waals surface area (Å²) in [6, 6.07) is 9.93. The Morgan fingerprint density at radius 1 is 1.35 bits per heavy atom. The van der Waals surface area contributed by atoms with Gasteiger partial charge in [-0.25, -0.2) is 9.37 Å². The number of thiazole rings is 1. The highest BCUT2D eigenvalue weighted by molar-refractivity contribution is 7.22. The molecule has 3 aromatic rings. The highest BCUT2D eigenvalue weighted by Crippen LogP contribution is 2.34. The number of ether oxygens (including phenoxy) is 1. The van der Waals surface area contributed by atoms with Crippen LogP contribution in [0.15, 0.2) is 36.4 Å². The van der Waals surface area contributed by atoms with E-state index in [2.05, 4.69) is 15.2 Å². The van der Waals surface area contributed by atoms with E-state index >= 15 is 0 Å². The summed E-state index contributed by atoms with van der Waals surface area (Å²) in [6.07, 6.45) is 0. The monoisotopic (exact) mass is 391 g/mol. The van der Waals surface area contributed by atoms with Crippen molar-refractivity contribution in [2.75, 3.05) is 30.4 Å². The summed E-state index contributed by atoms with van der Waals surface area (Å²) in [5, 5.41) is 3.66. The molecule has 0 unspecified atom stereocenters. The number of benzene rings is 2. The minimum Gasteiger partial charge on any atom is -0.497 e. The maximum Gasteiger partial charge on any atom is 0.231 e. The zero-order valence-corrected chi connectivity index (χ0v) is 15.4. The molecule has 2 heterocycles. The van der Waals surface area contributed by atoms with Gasteiger partial charge in [-0.05, 0) is 30.3 Å². The number of hydrogen-bond acceptors (Lipinski definition) is 5. The van der Waals surface area contributed by atoms with Gasteiger partial charge in [0.2, 0.25) is 5.91 Å². The number of halogens is 2. The van der Waals surface area contributed by atoms with Crippen molar-refractivity contribution in [1.29, 1.82) is 0 Å². The summed E-state index contributed by atoms with van der Waals surface area (Å²) in [7, 11) is 1.63. The van der Waals surface area contributed by atoms with E-state index in [0.717, 1.165) is 21.1 Å². The third kappa shape index (κ3) is 3.20. The van der Waals surface area contributed by atoms with Crippen molar-refractivity contribution in [2.45, 2.75) is 0 Å². The molecule has 134 valence electrons. The largest absolute Gasteiger partial charge is 0.497 e. The van der Waals surface area contributed by atoms with E-state index in [1.54, 1.807) is 18.4 Å². The third-order valence-electron chi connectivity index (χ3n) is 4.29. The number of rotatable bonds is 4. The maximum atomic E-state index is 13.2. The minimum atomic E-state index is -0.507. The molecule has 1 aliphatic heterocycles. The van der Waals surface area contributed by atoms with Gasteiger partial charge in [0, 0.05) is 24.8 Å². The first-order valence-electron chi connectivity index (χ1n) is 7.99. The SMILES string of the molecule is COc1ccc2sc(N3CC(C(=O)Nc4ccc(F)c(Cl)c4)C3)nc2c1. The molecule has 0 atom stereocenters. The topological polar surface area (TPSA) is 54.5 Å². The zero-order valence-electron chi connectivity index (χ0n) is 13.8. The number of anilines is 2. The van der Waals surface area contributed by atoms with Gasteiger partial charge in [0.1, 0.15) is 11.6 Å². The fourth-order valence-electron chi connectivity index (χ4n) is 2.78. The molecular formula is C18H15ClFN3O2S. The zero-order chi connectivity index (χ0) is 18.3. The van der Waals surface area contributed by atoms with Crippen LogP contribution in [0, 0.1) is 11.7 Å². The Labute approximate surface area is 158 Å². The van der Waals surface area contributed by atoms with Crippen LogP contribution in [0.1, 0.15) is 0 Å². The van der Waals surface area contributed by atoms with Gasteiger partial charge in [-0.2, -0.15) is 0 Å². The number of carbonyl (C=O) groups is 1. The number of fused-ring (bicyclic) bond motifs is 1. The van der Waals surface area contributed by atoms with Gasteiger partial charge < -0.3 is 15.0 Å². The molecule has 1 aromatic heterocycles. The summed E-state index contributed by atoms with van der Waals surface area (Å²) in [5.74, 6) is 0.0206. The summed E-state index contributed by atoms with van der Waals surface area (Å²) in [6.45, 7) is 1.19. The van der Waals surface area contributed by atoms with Gasteiger partial charge in [-0.15, -0.1) is 0 Å². The van der Waals surface area contributed by atoms with Crippen molar-refractivity contribution in [3.05, 3.63) is 47.2 Å². The molecule has 1 N–H and O–H groups in total. The molecule has 8 heteroatoms. The van der Waals surface area contributed by atoms with Crippen LogP contribution in [0.3, 0.4) is 0 Å². The summed E-state index contributed by atoms with van der Waals surface area (Å²) < 4.78 is 19.5. The van der Waals surface area contributed by atoms with E-state index < -0.39 is 5.82 Å². The number of methoxy groups -OCH3 is 1. The van der Waals surface area contributed by atoms with Crippen LogP contribution < -0.4 is 15.0 Å². The highest BCUT2D eigenvalue weighted by atomic mass is 35.5. The molecule has 1 aliphatic rings. The van der Waals surface area contributed by atoms with Crippen molar-refractivity contribution in [1.82, 2.24) is 4.98 Å². The molecule has 0 spiro atoms. The smallest absolute Gasteiger partial charge is 0.231 e. The molecular weight excluding hydrogens is 377 g/mol. The lowest BCUT2D eigenvalue weighted by Gasteiger charge is -2.37. The summed E-state index contributed by atoms with van der Waals surface area (Å²) >= 11 is 7.33. The van der Waals surface area contributed by atoms with Gasteiger partial charge in [-0.1, -0.05) is 22.9 Å². The van der Waals surface area contributed by atoms with E-state index in [1.165, 1.54) is 18.2 Å². The fourth-order valence-corrected chi connectivity index (χ4v) is 3.92. The number of nitrogens with one attached hydrogen (secondary N) is 1. The molecule has 1 fully saturated rings. The van der Waals surface area contributed by atoms with E-state index in [9.17, 15) is 9.18 Å². The van der Waals surface area contributed by atoms with Gasteiger partial charge in [0.05, 0.1) is 28.3 Å². The summed E-state index contributed by atoms with van der Waals surface area (Å²) in [4.78, 5) is 19.0. The highest BCUT2D eigenvalue weighted by Gasteiger charge is 2.34. The Balaban J connectivity index is 1.40. The molecule has 0 saturated carbocycles. The van der Waals surface area contributed by atoms with Crippen LogP contribution in [0.25, 0.3) is 10.2 Å². The first-order valence-corrected chi connectivity index (χ1v) is 9.18. The number of carbonyl (C=O) groups excluding carboxylic acids is 1. The second-order valence-electron chi connectivity index (χ2n) is 6.05. The van der Waals surface area contributed by atoms with Crippen LogP contribution >= 0.6 is 22.9 Å². The lowest BCUT2D eigenvalue weighted by molar-refractivity contribution is -0.120. The lowest BCUT2D eigenvalue weighted by atomic mass is 10.00. The maximum absolute atomic E-state index is 13.2. The number of nitrogens with zero attached hydrogens (tertiary/aromatic N) is 2. The Bertz CT molecular complexity index is 988. The van der Waals surface area contributed by atoms with Gasteiger partial charge in [-0.3, -0.25) is 4.79 Å². The van der Waals surface area contributed by atoms with Crippen molar-refractivity contribution in [3.8, 4) is 5.75 Å². The average molecular weight is 392 g/mol. The second-order valence-corrected chi connectivity index (χ2v) is 7.47. The van der Waals surface area contributed by atoms with Crippen molar-refractivity contribution >= 4 is 49.9 Å². The van der Waals surface area contributed by atoms with Gasteiger partial charge in [0.25, 0.3) is 0 Å². The first kappa shape index (κ1) is 17.1. The van der Waals surface area contributed by atoms with Gasteiger partial charge >= 0.3 is 0 Å². The van der Waals surface area contributed by atoms with Crippen molar-refractivity contribution in [2.24, 2.45) is 5.92 Å². The molecule has 0 aliphatic carbocycles. The quantitative estimate of drug-likeness (QED) is 0.725. The predicted molar refractivity (Wildman–Crippen MR) is 102 cm³/mol. The van der Waals surface area contributed by atoms with Crippen LogP contribution in [0.2, 0.25) is 5.02 Å². The third-order valence-corrected chi connectivity index (χ3v) is 5.68. The van der Waals surface area contributed by atoms with E-state index in [1.807, 2.05) is 18.2 Å². The summed E-state index contributed by atoms with van der Waals surface area (Å²) in [5.41, 5.74) is 1.38. The molecule has 1 amide bonds. The van der Waals surface area contributed by atoms with E-state index in [0.29, 0.717) is 18.8 Å². The average Bonchev–Trinajstić information content (AvgIpc) is 2.99. The van der Waals surface area contributed by atoms with E-state index in [4.69, 9.17) is 16.3 Å². The van der Waals surface area contributed by atoms with Crippen molar-refractivity contribution < 1.29 is 13.9 Å². The van der Waals surface area contributed by atoms with E-state index in [-0.39, 0.29) is 16.8 Å². The molecule has 4 rings (SSSR count). The minimum absolute atomic E-state index is 0.0112. The standard InChI is InChI=1S/C18H15ClFN3O2S/c1-25-12-3-5-16-15(7-12)22-18(26-16)23-8-10(9-23)17(24)21-11-2-4-14(20)13(19)6-11/h2-7,10H,8-9H2,1H3,(H,21,24). The number of aromatic nitrogens is 1. The number of hydrogen-bond donors (Lipinski definition) is 1. The van der Waals surface area contributed by atoms with Crippen LogP contribution in [0.4, 0.5) is 15.2 Å². The molecule has 1 saturated heterocycles. The number of amides is 1. The predicted octanol–water partition coefficient (Wildman–Crippen LogP) is 4.17. The molecule has 2 aromatic carbocycles. The van der Waals surface area contributed by atoms with Crippen LogP contribution in [-0.2, 0) is 4.79 Å². The Kier molecular flexibility index (Phi) is 4.42. The van der Waals surface area contributed by atoms with Gasteiger partial charge in [0.15, 0.2) is 5.13 Å². The Morgan fingerprint density at radius 3 is 2.88 bits per heavy atom. The van der Waals surface area contributed by atoms with Crippen LogP contribution in [0.5, 0.6) is 5.75 Å². The Hall–Kier alpha value is -2.38. The lowest BCUT2D eigenvalue weighted by Crippen LogP contribution is -2.52. The first-order chi connectivity index (χ1) is 12.5. The van der Waals surface area contributed by atoms with Crippen molar-refractivity contribution in [3.63, 3.8) is 0 Å². The molecule has 0 bridgehead atoms. The molecule has 26 heavy (non-hydrogen) atoms. The molecule has 0 radical (unpaired) electrons.